The van der Waals surface area contributed by atoms with Crippen molar-refractivity contribution in [2.24, 2.45) is 0 Å². The van der Waals surface area contributed by atoms with Gasteiger partial charge in [0, 0.05) is 18.1 Å². The number of allylic oxidation sites excluding steroid dienone is 2. The molecule has 0 fully saturated rings. The lowest BCUT2D eigenvalue weighted by Gasteiger charge is -2.18. The lowest BCUT2D eigenvalue weighted by molar-refractivity contribution is 0.489. The van der Waals surface area contributed by atoms with Gasteiger partial charge in [0.15, 0.2) is 0 Å². The van der Waals surface area contributed by atoms with Crippen LogP contribution in [0.1, 0.15) is 2.74 Å². The predicted octanol–water partition coefficient (Wildman–Crippen LogP) is 2.29. The summed E-state index contributed by atoms with van der Waals surface area (Å²) in [6.07, 6.45) is 1.62. The topological polar surface area (TPSA) is 3.24 Å². The summed E-state index contributed by atoms with van der Waals surface area (Å²) in [7, 11) is 1.68. The minimum absolute atomic E-state index is 0.233. The zero-order valence-electron chi connectivity index (χ0n) is 6.86. The van der Waals surface area contributed by atoms with E-state index in [2.05, 4.69) is 15.9 Å². The minimum Gasteiger partial charge on any atom is -0.362 e. The van der Waals surface area contributed by atoms with E-state index in [9.17, 15) is 0 Å². The van der Waals surface area contributed by atoms with E-state index in [1.807, 2.05) is 0 Å². The van der Waals surface area contributed by atoms with Crippen molar-refractivity contribution in [3.05, 3.63) is 21.8 Å². The molecule has 0 saturated heterocycles. The SMILES string of the molecule is [2H]C1=C(Br)C=C(Cl)N(C)C1[2H]. The maximum atomic E-state index is 7.47. The fraction of sp³-hybridized carbons (Fsp3) is 0.333. The van der Waals surface area contributed by atoms with Crippen molar-refractivity contribution in [1.82, 2.24) is 4.90 Å². The van der Waals surface area contributed by atoms with E-state index in [1.165, 1.54) is 4.90 Å². The van der Waals surface area contributed by atoms with Crippen LogP contribution in [0.15, 0.2) is 21.8 Å². The van der Waals surface area contributed by atoms with Crippen LogP contribution in [0.3, 0.4) is 0 Å². The fourth-order valence-electron chi connectivity index (χ4n) is 0.468. The third-order valence-electron chi connectivity index (χ3n) is 0.979. The Morgan fingerprint density at radius 1 is 2.11 bits per heavy atom. The molecule has 0 aromatic rings. The van der Waals surface area contributed by atoms with E-state index in [1.54, 1.807) is 13.1 Å². The monoisotopic (exact) mass is 209 g/mol. The van der Waals surface area contributed by atoms with Crippen molar-refractivity contribution in [2.45, 2.75) is 0 Å². The molecule has 1 heterocycles. The standard InChI is InChI=1S/C6H7BrClN/c1-9-3-2-5(7)4-6(9)8/h2,4H,3H2,1H3/i2D,3D. The van der Waals surface area contributed by atoms with E-state index in [0.717, 1.165) is 0 Å². The highest BCUT2D eigenvalue weighted by atomic mass is 79.9. The van der Waals surface area contributed by atoms with Crippen LogP contribution in [-0.2, 0) is 0 Å². The zero-order chi connectivity index (χ0) is 8.59. The van der Waals surface area contributed by atoms with Crippen molar-refractivity contribution in [2.75, 3.05) is 13.6 Å². The molecule has 1 rings (SSSR count). The first-order valence-corrected chi connectivity index (χ1v) is 3.59. The molecule has 1 aliphatic heterocycles. The Bertz CT molecular complexity index is 239. The highest BCUT2D eigenvalue weighted by Gasteiger charge is 2.04. The van der Waals surface area contributed by atoms with Crippen LogP contribution >= 0.6 is 27.5 Å². The second kappa shape index (κ2) is 2.76. The summed E-state index contributed by atoms with van der Waals surface area (Å²) < 4.78 is 15.5. The van der Waals surface area contributed by atoms with Crippen molar-refractivity contribution < 1.29 is 2.74 Å². The second-order valence-corrected chi connectivity index (χ2v) is 2.94. The third-order valence-corrected chi connectivity index (χ3v) is 1.81. The molecule has 0 amide bonds. The highest BCUT2D eigenvalue weighted by molar-refractivity contribution is 9.11. The Kier molecular flexibility index (Phi) is 1.47. The van der Waals surface area contributed by atoms with E-state index in [0.29, 0.717) is 9.64 Å². The summed E-state index contributed by atoms with van der Waals surface area (Å²) >= 11 is 8.89. The molecule has 1 atom stereocenters. The van der Waals surface area contributed by atoms with Crippen molar-refractivity contribution in [1.29, 1.82) is 0 Å². The first-order chi connectivity index (χ1) is 5.04. The normalized spacial score (nSPS) is 31.7. The van der Waals surface area contributed by atoms with Gasteiger partial charge in [-0.15, -0.1) is 0 Å². The van der Waals surface area contributed by atoms with Gasteiger partial charge in [0.05, 0.1) is 2.74 Å². The molecule has 9 heavy (non-hydrogen) atoms. The van der Waals surface area contributed by atoms with Crippen LogP contribution in [0.4, 0.5) is 0 Å². The number of likely N-dealkylation sites (N-methyl/N-ethyl adjacent to an activating group) is 1. The maximum absolute atomic E-state index is 7.47. The van der Waals surface area contributed by atoms with E-state index < -0.39 is 6.52 Å². The van der Waals surface area contributed by atoms with Gasteiger partial charge in [0.25, 0.3) is 0 Å². The Labute approximate surface area is 70.9 Å². The number of hydrogen-bond donors (Lipinski definition) is 0. The molecule has 0 spiro atoms. The molecule has 0 saturated carbocycles. The minimum atomic E-state index is -0.693. The fourth-order valence-corrected chi connectivity index (χ4v) is 1.08. The molecule has 0 radical (unpaired) electrons. The molecule has 0 N–H and O–H groups in total. The van der Waals surface area contributed by atoms with E-state index in [-0.39, 0.29) is 6.05 Å². The van der Waals surface area contributed by atoms with Gasteiger partial charge in [-0.1, -0.05) is 33.6 Å². The summed E-state index contributed by atoms with van der Waals surface area (Å²) in [5, 5.41) is 0.480. The maximum Gasteiger partial charge on any atom is 0.105 e. The summed E-state index contributed by atoms with van der Waals surface area (Å²) in [6.45, 7) is -0.693. The molecule has 50 valence electrons. The van der Waals surface area contributed by atoms with Gasteiger partial charge in [0.2, 0.25) is 0 Å². The average molecular weight is 210 g/mol. The Hall–Kier alpha value is 0.0500. The summed E-state index contributed by atoms with van der Waals surface area (Å²) in [5.74, 6) is 0. The summed E-state index contributed by atoms with van der Waals surface area (Å²) in [6, 6.07) is 0.233. The molecule has 1 unspecified atom stereocenters. The lowest BCUT2D eigenvalue weighted by Crippen LogP contribution is -2.16. The Morgan fingerprint density at radius 3 is 3.44 bits per heavy atom. The molecule has 1 nitrogen and oxygen atoms in total. The number of halogens is 2. The summed E-state index contributed by atoms with van der Waals surface area (Å²) in [4.78, 5) is 1.52. The van der Waals surface area contributed by atoms with Gasteiger partial charge in [-0.3, -0.25) is 0 Å². The van der Waals surface area contributed by atoms with Crippen LogP contribution in [0.2, 0.25) is 0 Å². The highest BCUT2D eigenvalue weighted by Crippen LogP contribution is 2.19. The molecule has 0 bridgehead atoms. The molecular weight excluding hydrogens is 201 g/mol. The first-order valence-electron chi connectivity index (χ1n) is 3.50. The number of nitrogens with zero attached hydrogens (tertiary/aromatic N) is 1. The predicted molar refractivity (Wildman–Crippen MR) is 43.6 cm³/mol. The molecule has 0 aromatic carbocycles. The molecule has 0 aromatic heterocycles. The van der Waals surface area contributed by atoms with Crippen LogP contribution < -0.4 is 0 Å². The van der Waals surface area contributed by atoms with Crippen LogP contribution in [-0.4, -0.2) is 18.5 Å². The quantitative estimate of drug-likeness (QED) is 0.555. The van der Waals surface area contributed by atoms with E-state index in [4.69, 9.17) is 14.3 Å². The average Bonchev–Trinajstić information content (AvgIpc) is 1.97. The Balaban J connectivity index is 3.01. The number of rotatable bonds is 0. The smallest absolute Gasteiger partial charge is 0.105 e. The summed E-state index contributed by atoms with van der Waals surface area (Å²) in [5.41, 5.74) is 0. The van der Waals surface area contributed by atoms with Gasteiger partial charge in [-0.2, -0.15) is 0 Å². The molecule has 3 heteroatoms. The van der Waals surface area contributed by atoms with Crippen molar-refractivity contribution >= 4 is 27.5 Å². The van der Waals surface area contributed by atoms with Gasteiger partial charge in [0.1, 0.15) is 5.16 Å². The zero-order valence-corrected chi connectivity index (χ0v) is 7.20. The van der Waals surface area contributed by atoms with Crippen molar-refractivity contribution in [3.63, 3.8) is 0 Å². The van der Waals surface area contributed by atoms with Crippen molar-refractivity contribution in [3.8, 4) is 0 Å². The molecule has 0 aliphatic carbocycles. The number of hydrogen-bond acceptors (Lipinski definition) is 1. The van der Waals surface area contributed by atoms with Crippen LogP contribution in [0.25, 0.3) is 0 Å². The van der Waals surface area contributed by atoms with Gasteiger partial charge < -0.3 is 4.90 Å². The van der Waals surface area contributed by atoms with Gasteiger partial charge in [-0.05, 0) is 6.08 Å². The van der Waals surface area contributed by atoms with E-state index >= 15 is 0 Å². The van der Waals surface area contributed by atoms with Gasteiger partial charge in [-0.25, -0.2) is 0 Å². The largest absolute Gasteiger partial charge is 0.362 e. The Morgan fingerprint density at radius 2 is 2.78 bits per heavy atom. The van der Waals surface area contributed by atoms with Crippen LogP contribution in [0.5, 0.6) is 0 Å². The second-order valence-electron chi connectivity index (χ2n) is 1.70. The first kappa shape index (κ1) is 4.80. The molecular formula is C6H7BrClN. The van der Waals surface area contributed by atoms with Crippen LogP contribution in [0, 0.1) is 0 Å². The molecule has 1 aliphatic rings. The van der Waals surface area contributed by atoms with Gasteiger partial charge >= 0.3 is 0 Å². The lowest BCUT2D eigenvalue weighted by atomic mass is 10.4. The third kappa shape index (κ3) is 1.73.